The van der Waals surface area contributed by atoms with E-state index >= 15 is 0 Å². The standard InChI is InChI=1S/C11H22N2O2/c1-4-12-7-9(2)13(8-11(12)15)6-5-10(3)14/h9-10,14H,4-8H2,1-3H3. The van der Waals surface area contributed by atoms with Gasteiger partial charge >= 0.3 is 0 Å². The maximum Gasteiger partial charge on any atom is 0.236 e. The van der Waals surface area contributed by atoms with Crippen LogP contribution < -0.4 is 0 Å². The fourth-order valence-electron chi connectivity index (χ4n) is 1.92. The van der Waals surface area contributed by atoms with Crippen molar-refractivity contribution in [2.75, 3.05) is 26.2 Å². The number of aliphatic hydroxyl groups is 1. The van der Waals surface area contributed by atoms with Crippen LogP contribution in [-0.2, 0) is 4.79 Å². The smallest absolute Gasteiger partial charge is 0.236 e. The van der Waals surface area contributed by atoms with E-state index in [1.165, 1.54) is 0 Å². The number of amides is 1. The summed E-state index contributed by atoms with van der Waals surface area (Å²) in [5, 5.41) is 9.21. The molecule has 4 nitrogen and oxygen atoms in total. The second-order valence-electron chi connectivity index (χ2n) is 4.39. The predicted octanol–water partition coefficient (Wildman–Crippen LogP) is 0.310. The maximum atomic E-state index is 11.6. The van der Waals surface area contributed by atoms with Gasteiger partial charge in [-0.05, 0) is 27.2 Å². The molecule has 1 saturated heterocycles. The average molecular weight is 214 g/mol. The number of hydrogen-bond acceptors (Lipinski definition) is 3. The van der Waals surface area contributed by atoms with Gasteiger partial charge in [-0.25, -0.2) is 0 Å². The highest BCUT2D eigenvalue weighted by atomic mass is 16.3. The lowest BCUT2D eigenvalue weighted by atomic mass is 10.1. The minimum absolute atomic E-state index is 0.209. The van der Waals surface area contributed by atoms with E-state index in [0.717, 1.165) is 26.1 Å². The lowest BCUT2D eigenvalue weighted by Crippen LogP contribution is -2.55. The van der Waals surface area contributed by atoms with E-state index < -0.39 is 0 Å². The highest BCUT2D eigenvalue weighted by molar-refractivity contribution is 5.79. The molecule has 1 amide bonds. The number of hydrogen-bond donors (Lipinski definition) is 1. The Morgan fingerprint density at radius 1 is 1.60 bits per heavy atom. The van der Waals surface area contributed by atoms with Crippen LogP contribution >= 0.6 is 0 Å². The van der Waals surface area contributed by atoms with Crippen molar-refractivity contribution in [3.05, 3.63) is 0 Å². The Bertz CT molecular complexity index is 219. The molecule has 15 heavy (non-hydrogen) atoms. The molecule has 1 heterocycles. The van der Waals surface area contributed by atoms with E-state index in [2.05, 4.69) is 11.8 Å². The summed E-state index contributed by atoms with van der Waals surface area (Å²) in [7, 11) is 0. The lowest BCUT2D eigenvalue weighted by molar-refractivity contribution is -0.138. The Balaban J connectivity index is 2.44. The van der Waals surface area contributed by atoms with Gasteiger partial charge in [-0.2, -0.15) is 0 Å². The number of carbonyl (C=O) groups is 1. The molecule has 1 aliphatic heterocycles. The molecule has 1 N–H and O–H groups in total. The van der Waals surface area contributed by atoms with Gasteiger partial charge in [0.25, 0.3) is 0 Å². The van der Waals surface area contributed by atoms with Gasteiger partial charge in [0.15, 0.2) is 0 Å². The molecule has 1 aliphatic rings. The van der Waals surface area contributed by atoms with Crippen LogP contribution in [0.2, 0.25) is 0 Å². The molecule has 0 spiro atoms. The molecule has 0 aromatic heterocycles. The summed E-state index contributed by atoms with van der Waals surface area (Å²) in [5.41, 5.74) is 0. The summed E-state index contributed by atoms with van der Waals surface area (Å²) in [6, 6.07) is 0.404. The fourth-order valence-corrected chi connectivity index (χ4v) is 1.92. The SMILES string of the molecule is CCN1CC(C)N(CCC(C)O)CC1=O. The Kier molecular flexibility index (Phi) is 4.54. The predicted molar refractivity (Wildman–Crippen MR) is 59.6 cm³/mol. The molecule has 4 heteroatoms. The Morgan fingerprint density at radius 2 is 2.27 bits per heavy atom. The van der Waals surface area contributed by atoms with Gasteiger partial charge < -0.3 is 10.0 Å². The topological polar surface area (TPSA) is 43.8 Å². The van der Waals surface area contributed by atoms with Crippen LogP contribution in [-0.4, -0.2) is 59.1 Å². The molecule has 0 saturated carbocycles. The summed E-state index contributed by atoms with van der Waals surface area (Å²) in [6.45, 7) is 8.86. The summed E-state index contributed by atoms with van der Waals surface area (Å²) < 4.78 is 0. The van der Waals surface area contributed by atoms with Crippen LogP contribution in [0.25, 0.3) is 0 Å². The van der Waals surface area contributed by atoms with Crippen molar-refractivity contribution in [2.24, 2.45) is 0 Å². The van der Waals surface area contributed by atoms with Crippen molar-refractivity contribution in [1.82, 2.24) is 9.80 Å². The van der Waals surface area contributed by atoms with Crippen LogP contribution in [0.4, 0.5) is 0 Å². The first-order chi connectivity index (χ1) is 7.04. The molecule has 88 valence electrons. The minimum atomic E-state index is -0.281. The Morgan fingerprint density at radius 3 is 2.80 bits per heavy atom. The van der Waals surface area contributed by atoms with Crippen molar-refractivity contribution >= 4 is 5.91 Å². The maximum absolute atomic E-state index is 11.6. The van der Waals surface area contributed by atoms with Gasteiger partial charge in [-0.15, -0.1) is 0 Å². The van der Waals surface area contributed by atoms with Crippen molar-refractivity contribution in [3.8, 4) is 0 Å². The fraction of sp³-hybridized carbons (Fsp3) is 0.909. The number of carbonyl (C=O) groups excluding carboxylic acids is 1. The normalized spacial score (nSPS) is 25.7. The van der Waals surface area contributed by atoms with Gasteiger partial charge in [0.05, 0.1) is 12.6 Å². The average Bonchev–Trinajstić information content (AvgIpc) is 2.18. The molecule has 1 rings (SSSR count). The first-order valence-electron chi connectivity index (χ1n) is 5.74. The second kappa shape index (κ2) is 5.47. The van der Waals surface area contributed by atoms with Crippen molar-refractivity contribution < 1.29 is 9.90 Å². The van der Waals surface area contributed by atoms with Crippen LogP contribution in [0, 0.1) is 0 Å². The van der Waals surface area contributed by atoms with Crippen LogP contribution in [0.1, 0.15) is 27.2 Å². The molecule has 0 radical (unpaired) electrons. The summed E-state index contributed by atoms with van der Waals surface area (Å²) in [6.07, 6.45) is 0.459. The van der Waals surface area contributed by atoms with Gasteiger partial charge in [0, 0.05) is 25.7 Å². The number of rotatable bonds is 4. The zero-order valence-electron chi connectivity index (χ0n) is 9.94. The van der Waals surface area contributed by atoms with Gasteiger partial charge in [0.2, 0.25) is 5.91 Å². The lowest BCUT2D eigenvalue weighted by Gasteiger charge is -2.39. The third-order valence-electron chi connectivity index (χ3n) is 3.01. The molecule has 2 atom stereocenters. The highest BCUT2D eigenvalue weighted by Crippen LogP contribution is 2.11. The largest absolute Gasteiger partial charge is 0.393 e. The molecule has 0 bridgehead atoms. The quantitative estimate of drug-likeness (QED) is 0.732. The zero-order valence-corrected chi connectivity index (χ0v) is 9.94. The van der Waals surface area contributed by atoms with Gasteiger partial charge in [0.1, 0.15) is 0 Å². The molecule has 0 aromatic carbocycles. The third kappa shape index (κ3) is 3.47. The second-order valence-corrected chi connectivity index (χ2v) is 4.39. The van der Waals surface area contributed by atoms with E-state index in [0.29, 0.717) is 12.6 Å². The number of likely N-dealkylation sites (N-methyl/N-ethyl adjacent to an activating group) is 1. The van der Waals surface area contributed by atoms with Crippen LogP contribution in [0.5, 0.6) is 0 Å². The van der Waals surface area contributed by atoms with E-state index in [-0.39, 0.29) is 12.0 Å². The van der Waals surface area contributed by atoms with Crippen molar-refractivity contribution in [3.63, 3.8) is 0 Å². The minimum Gasteiger partial charge on any atom is -0.393 e. The molecular formula is C11H22N2O2. The van der Waals surface area contributed by atoms with Crippen LogP contribution in [0.15, 0.2) is 0 Å². The van der Waals surface area contributed by atoms with Gasteiger partial charge in [-0.1, -0.05) is 0 Å². The molecule has 0 aliphatic carbocycles. The summed E-state index contributed by atoms with van der Waals surface area (Å²) >= 11 is 0. The van der Waals surface area contributed by atoms with Gasteiger partial charge in [-0.3, -0.25) is 9.69 Å². The van der Waals surface area contributed by atoms with Crippen molar-refractivity contribution in [2.45, 2.75) is 39.3 Å². The Labute approximate surface area is 91.9 Å². The number of piperazine rings is 1. The first-order valence-corrected chi connectivity index (χ1v) is 5.74. The van der Waals surface area contributed by atoms with Crippen LogP contribution in [0.3, 0.4) is 0 Å². The van der Waals surface area contributed by atoms with E-state index in [4.69, 9.17) is 0 Å². The number of nitrogens with zero attached hydrogens (tertiary/aromatic N) is 2. The zero-order chi connectivity index (χ0) is 11.4. The molecular weight excluding hydrogens is 192 g/mol. The molecule has 1 fully saturated rings. The number of aliphatic hydroxyl groups excluding tert-OH is 1. The monoisotopic (exact) mass is 214 g/mol. The first kappa shape index (κ1) is 12.5. The highest BCUT2D eigenvalue weighted by Gasteiger charge is 2.27. The molecule has 2 unspecified atom stereocenters. The van der Waals surface area contributed by atoms with E-state index in [1.54, 1.807) is 6.92 Å². The van der Waals surface area contributed by atoms with E-state index in [1.807, 2.05) is 11.8 Å². The molecule has 0 aromatic rings. The van der Waals surface area contributed by atoms with E-state index in [9.17, 15) is 9.90 Å². The van der Waals surface area contributed by atoms with Crippen molar-refractivity contribution in [1.29, 1.82) is 0 Å². The summed E-state index contributed by atoms with van der Waals surface area (Å²) in [4.78, 5) is 15.7. The third-order valence-corrected chi connectivity index (χ3v) is 3.01. The Hall–Kier alpha value is -0.610. The summed E-state index contributed by atoms with van der Waals surface area (Å²) in [5.74, 6) is 0.209.